The lowest BCUT2D eigenvalue weighted by Gasteiger charge is -2.33. The van der Waals surface area contributed by atoms with E-state index in [1.165, 1.54) is 0 Å². The summed E-state index contributed by atoms with van der Waals surface area (Å²) in [6, 6.07) is -0.531. The molecule has 0 unspecified atom stereocenters. The highest BCUT2D eigenvalue weighted by molar-refractivity contribution is 5.83. The summed E-state index contributed by atoms with van der Waals surface area (Å²) in [4.78, 5) is 12.0. The van der Waals surface area contributed by atoms with Crippen molar-refractivity contribution >= 4 is 5.91 Å². The van der Waals surface area contributed by atoms with Gasteiger partial charge >= 0.3 is 0 Å². The van der Waals surface area contributed by atoms with Crippen LogP contribution in [0.25, 0.3) is 0 Å². The molecule has 4 heteroatoms. The van der Waals surface area contributed by atoms with Gasteiger partial charge in [0.25, 0.3) is 0 Å². The van der Waals surface area contributed by atoms with E-state index in [0.717, 1.165) is 25.7 Å². The molecule has 0 aliphatic heterocycles. The van der Waals surface area contributed by atoms with Gasteiger partial charge in [-0.3, -0.25) is 4.79 Å². The minimum absolute atomic E-state index is 0.00953. The van der Waals surface area contributed by atoms with Crippen LogP contribution in [0.4, 0.5) is 0 Å². The normalized spacial score (nSPS) is 21.8. The largest absolute Gasteiger partial charge is 0.394 e. The Morgan fingerprint density at radius 1 is 1.44 bits per heavy atom. The Kier molecular flexibility index (Phi) is 3.97. The summed E-state index contributed by atoms with van der Waals surface area (Å²) in [5, 5.41) is 12.3. The van der Waals surface area contributed by atoms with Crippen molar-refractivity contribution in [2.75, 3.05) is 6.61 Å². The molecule has 16 heavy (non-hydrogen) atoms. The van der Waals surface area contributed by atoms with Crippen LogP contribution in [0.2, 0.25) is 0 Å². The summed E-state index contributed by atoms with van der Waals surface area (Å²) in [6.45, 7) is 5.84. The monoisotopic (exact) mass is 228 g/mol. The fraction of sp³-hybridized carbons (Fsp3) is 0.917. The molecule has 0 heterocycles. The molecule has 0 saturated heterocycles. The Morgan fingerprint density at radius 2 is 1.94 bits per heavy atom. The second-order valence-electron chi connectivity index (χ2n) is 5.98. The van der Waals surface area contributed by atoms with Gasteiger partial charge in [-0.2, -0.15) is 0 Å². The number of amides is 1. The van der Waals surface area contributed by atoms with Gasteiger partial charge in [-0.15, -0.1) is 0 Å². The first-order valence-corrected chi connectivity index (χ1v) is 5.99. The Labute approximate surface area is 97.6 Å². The molecular weight excluding hydrogens is 204 g/mol. The number of aliphatic hydroxyl groups is 1. The van der Waals surface area contributed by atoms with Crippen molar-refractivity contribution in [3.05, 3.63) is 0 Å². The van der Waals surface area contributed by atoms with Crippen molar-refractivity contribution in [2.24, 2.45) is 11.1 Å². The minimum Gasteiger partial charge on any atom is -0.394 e. The van der Waals surface area contributed by atoms with E-state index in [1.54, 1.807) is 0 Å². The maximum absolute atomic E-state index is 12.0. The Morgan fingerprint density at radius 3 is 2.31 bits per heavy atom. The van der Waals surface area contributed by atoms with Crippen LogP contribution in [0, 0.1) is 5.41 Å². The molecule has 1 rings (SSSR count). The summed E-state index contributed by atoms with van der Waals surface area (Å²) in [5.74, 6) is -0.150. The first kappa shape index (κ1) is 13.5. The fourth-order valence-corrected chi connectivity index (χ4v) is 2.11. The molecule has 94 valence electrons. The van der Waals surface area contributed by atoms with Crippen molar-refractivity contribution in [3.8, 4) is 0 Å². The average Bonchev–Trinajstić information content (AvgIpc) is 2.64. The predicted molar refractivity (Wildman–Crippen MR) is 63.9 cm³/mol. The van der Waals surface area contributed by atoms with Crippen molar-refractivity contribution in [2.45, 2.75) is 58.0 Å². The van der Waals surface area contributed by atoms with Gasteiger partial charge in [-0.25, -0.2) is 0 Å². The zero-order valence-corrected chi connectivity index (χ0v) is 10.5. The van der Waals surface area contributed by atoms with Gasteiger partial charge in [-0.1, -0.05) is 33.6 Å². The fourth-order valence-electron chi connectivity index (χ4n) is 2.11. The molecule has 1 aliphatic carbocycles. The Balaban J connectivity index is 2.63. The Bertz CT molecular complexity index is 252. The molecular formula is C12H24N2O2. The molecule has 0 bridgehead atoms. The number of carbonyl (C=O) groups is 1. The maximum atomic E-state index is 12.0. The van der Waals surface area contributed by atoms with Crippen LogP contribution in [-0.2, 0) is 4.79 Å². The molecule has 1 atom stereocenters. The standard InChI is InChI=1S/C12H24N2O2/c1-11(2,3)9(13)10(16)14-12(8-15)6-4-5-7-12/h9,15H,4-8,13H2,1-3H3,(H,14,16)/t9-/m0/s1. The van der Waals surface area contributed by atoms with E-state index < -0.39 is 11.6 Å². The van der Waals surface area contributed by atoms with Gasteiger partial charge in [0, 0.05) is 0 Å². The van der Waals surface area contributed by atoms with Crippen molar-refractivity contribution in [3.63, 3.8) is 0 Å². The lowest BCUT2D eigenvalue weighted by Crippen LogP contribution is -2.57. The van der Waals surface area contributed by atoms with E-state index in [-0.39, 0.29) is 17.9 Å². The van der Waals surface area contributed by atoms with Crippen LogP contribution < -0.4 is 11.1 Å². The van der Waals surface area contributed by atoms with Gasteiger partial charge in [0.15, 0.2) is 0 Å². The highest BCUT2D eigenvalue weighted by atomic mass is 16.3. The number of carbonyl (C=O) groups excluding carboxylic acids is 1. The van der Waals surface area contributed by atoms with Crippen LogP contribution in [0.15, 0.2) is 0 Å². The highest BCUT2D eigenvalue weighted by Crippen LogP contribution is 2.29. The first-order valence-electron chi connectivity index (χ1n) is 5.99. The summed E-state index contributed by atoms with van der Waals surface area (Å²) < 4.78 is 0. The molecule has 0 aromatic rings. The van der Waals surface area contributed by atoms with Crippen molar-refractivity contribution in [1.82, 2.24) is 5.32 Å². The van der Waals surface area contributed by atoms with Crippen LogP contribution >= 0.6 is 0 Å². The number of hydrogen-bond acceptors (Lipinski definition) is 3. The average molecular weight is 228 g/mol. The number of hydrogen-bond donors (Lipinski definition) is 3. The molecule has 0 spiro atoms. The van der Waals surface area contributed by atoms with Gasteiger partial charge in [-0.05, 0) is 18.3 Å². The van der Waals surface area contributed by atoms with Crippen molar-refractivity contribution < 1.29 is 9.90 Å². The van der Waals surface area contributed by atoms with Gasteiger partial charge < -0.3 is 16.2 Å². The molecule has 1 saturated carbocycles. The number of nitrogens with one attached hydrogen (secondary N) is 1. The van der Waals surface area contributed by atoms with Gasteiger partial charge in [0.05, 0.1) is 18.2 Å². The molecule has 0 radical (unpaired) electrons. The molecule has 4 nitrogen and oxygen atoms in total. The molecule has 1 amide bonds. The van der Waals surface area contributed by atoms with E-state index >= 15 is 0 Å². The predicted octanol–water partition coefficient (Wildman–Crippen LogP) is 0.781. The number of rotatable bonds is 3. The SMILES string of the molecule is CC(C)(C)[C@@H](N)C(=O)NC1(CO)CCCC1. The number of nitrogens with two attached hydrogens (primary N) is 1. The van der Waals surface area contributed by atoms with E-state index in [0.29, 0.717) is 0 Å². The maximum Gasteiger partial charge on any atom is 0.237 e. The quantitative estimate of drug-likeness (QED) is 0.668. The topological polar surface area (TPSA) is 75.4 Å². The third kappa shape index (κ3) is 2.95. The summed E-state index contributed by atoms with van der Waals surface area (Å²) >= 11 is 0. The zero-order chi connectivity index (χ0) is 12.4. The highest BCUT2D eigenvalue weighted by Gasteiger charge is 2.37. The third-order valence-electron chi connectivity index (χ3n) is 3.47. The summed E-state index contributed by atoms with van der Waals surface area (Å²) in [7, 11) is 0. The van der Waals surface area contributed by atoms with Crippen LogP contribution in [0.1, 0.15) is 46.5 Å². The van der Waals surface area contributed by atoms with Crippen molar-refractivity contribution in [1.29, 1.82) is 0 Å². The molecule has 1 aliphatic rings. The minimum atomic E-state index is -0.531. The third-order valence-corrected chi connectivity index (χ3v) is 3.47. The van der Waals surface area contributed by atoms with Gasteiger partial charge in [0.2, 0.25) is 5.91 Å². The number of aliphatic hydroxyl groups excluding tert-OH is 1. The molecule has 0 aromatic carbocycles. The van der Waals surface area contributed by atoms with E-state index in [2.05, 4.69) is 5.32 Å². The lowest BCUT2D eigenvalue weighted by molar-refractivity contribution is -0.127. The summed E-state index contributed by atoms with van der Waals surface area (Å²) in [6.07, 6.45) is 3.83. The van der Waals surface area contributed by atoms with Crippen LogP contribution in [0.3, 0.4) is 0 Å². The smallest absolute Gasteiger partial charge is 0.237 e. The zero-order valence-electron chi connectivity index (χ0n) is 10.5. The van der Waals surface area contributed by atoms with E-state index in [1.807, 2.05) is 20.8 Å². The van der Waals surface area contributed by atoms with E-state index in [4.69, 9.17) is 5.73 Å². The Hall–Kier alpha value is -0.610. The lowest BCUT2D eigenvalue weighted by atomic mass is 9.86. The second kappa shape index (κ2) is 4.72. The van der Waals surface area contributed by atoms with Gasteiger partial charge in [0.1, 0.15) is 0 Å². The van der Waals surface area contributed by atoms with Crippen LogP contribution in [0.5, 0.6) is 0 Å². The second-order valence-corrected chi connectivity index (χ2v) is 5.98. The van der Waals surface area contributed by atoms with E-state index in [9.17, 15) is 9.90 Å². The van der Waals surface area contributed by atoms with Crippen LogP contribution in [-0.4, -0.2) is 29.2 Å². The summed E-state index contributed by atoms with van der Waals surface area (Å²) in [5.41, 5.74) is 5.22. The molecule has 0 aromatic heterocycles. The molecule has 4 N–H and O–H groups in total. The molecule has 1 fully saturated rings. The first-order chi connectivity index (χ1) is 7.31.